The van der Waals surface area contributed by atoms with Crippen LogP contribution in [-0.4, -0.2) is 23.8 Å². The number of nitrogens with one attached hydrogen (secondary N) is 1. The van der Waals surface area contributed by atoms with Crippen LogP contribution in [0, 0.1) is 17.2 Å². The summed E-state index contributed by atoms with van der Waals surface area (Å²) in [7, 11) is 0. The average molecular weight is 182 g/mol. The Morgan fingerprint density at radius 2 is 2.15 bits per heavy atom. The summed E-state index contributed by atoms with van der Waals surface area (Å²) >= 11 is 0. The molecule has 2 N–H and O–H groups in total. The third-order valence-electron chi connectivity index (χ3n) is 2.66. The first-order valence-corrected chi connectivity index (χ1v) is 4.99. The molecule has 0 aromatic heterocycles. The lowest BCUT2D eigenvalue weighted by Gasteiger charge is -2.22. The van der Waals surface area contributed by atoms with Crippen molar-refractivity contribution in [3.63, 3.8) is 0 Å². The van der Waals surface area contributed by atoms with E-state index in [4.69, 9.17) is 5.26 Å². The maximum absolute atomic E-state index is 9.93. The van der Waals surface area contributed by atoms with E-state index in [-0.39, 0.29) is 5.92 Å². The monoisotopic (exact) mass is 182 g/mol. The van der Waals surface area contributed by atoms with Crippen molar-refractivity contribution in [2.75, 3.05) is 13.1 Å². The Balaban J connectivity index is 2.15. The van der Waals surface area contributed by atoms with Gasteiger partial charge in [0.05, 0.1) is 17.6 Å². The van der Waals surface area contributed by atoms with E-state index in [0.717, 1.165) is 25.7 Å². The summed E-state index contributed by atoms with van der Waals surface area (Å²) in [5.74, 6) is 0.0324. The van der Waals surface area contributed by atoms with E-state index >= 15 is 0 Å². The van der Waals surface area contributed by atoms with E-state index < -0.39 is 5.60 Å². The van der Waals surface area contributed by atoms with Gasteiger partial charge in [0.25, 0.3) is 0 Å². The number of rotatable bonds is 4. The molecule has 0 radical (unpaired) electrons. The second-order valence-corrected chi connectivity index (χ2v) is 4.09. The number of nitrogens with zero attached hydrogens (tertiary/aromatic N) is 1. The Labute approximate surface area is 79.8 Å². The van der Waals surface area contributed by atoms with Gasteiger partial charge in [-0.05, 0) is 19.8 Å². The topological polar surface area (TPSA) is 56.0 Å². The van der Waals surface area contributed by atoms with Gasteiger partial charge < -0.3 is 10.4 Å². The van der Waals surface area contributed by atoms with Crippen LogP contribution in [0.5, 0.6) is 0 Å². The second kappa shape index (κ2) is 4.59. The molecule has 1 fully saturated rings. The van der Waals surface area contributed by atoms with Crippen molar-refractivity contribution in [2.45, 2.75) is 38.2 Å². The predicted octanol–water partition coefficient (Wildman–Crippen LogP) is 1.04. The third-order valence-corrected chi connectivity index (χ3v) is 2.66. The summed E-state index contributed by atoms with van der Waals surface area (Å²) in [6.45, 7) is 3.20. The van der Waals surface area contributed by atoms with Gasteiger partial charge in [-0.15, -0.1) is 0 Å². The van der Waals surface area contributed by atoms with Crippen molar-refractivity contribution < 1.29 is 5.11 Å². The number of nitriles is 1. The van der Waals surface area contributed by atoms with E-state index in [2.05, 4.69) is 11.4 Å². The molecule has 1 aliphatic rings. The lowest BCUT2D eigenvalue weighted by molar-refractivity contribution is 0.0475. The molecule has 13 heavy (non-hydrogen) atoms. The number of hydrogen-bond acceptors (Lipinski definition) is 3. The highest BCUT2D eigenvalue weighted by molar-refractivity contribution is 4.87. The molecule has 0 aromatic carbocycles. The zero-order valence-corrected chi connectivity index (χ0v) is 8.21. The maximum Gasteiger partial charge on any atom is 0.0771 e. The molecule has 1 rings (SSSR count). The summed E-state index contributed by atoms with van der Waals surface area (Å²) in [6.07, 6.45) is 4.07. The molecule has 0 spiro atoms. The maximum atomic E-state index is 9.93. The SMILES string of the molecule is CC(C#N)CNCC1(O)CCCC1. The van der Waals surface area contributed by atoms with Gasteiger partial charge in [0.15, 0.2) is 0 Å². The van der Waals surface area contributed by atoms with Gasteiger partial charge in [-0.1, -0.05) is 12.8 Å². The normalized spacial score (nSPS) is 22.5. The van der Waals surface area contributed by atoms with Crippen molar-refractivity contribution in [2.24, 2.45) is 5.92 Å². The third kappa shape index (κ3) is 3.33. The molecule has 0 aliphatic heterocycles. The van der Waals surface area contributed by atoms with Crippen LogP contribution in [0.25, 0.3) is 0 Å². The van der Waals surface area contributed by atoms with E-state index in [0.29, 0.717) is 13.1 Å². The summed E-state index contributed by atoms with van der Waals surface area (Å²) in [6, 6.07) is 2.16. The lowest BCUT2D eigenvalue weighted by atomic mass is 10.0. The van der Waals surface area contributed by atoms with Gasteiger partial charge in [0.2, 0.25) is 0 Å². The van der Waals surface area contributed by atoms with Crippen molar-refractivity contribution in [1.29, 1.82) is 5.26 Å². The molecule has 1 aliphatic carbocycles. The quantitative estimate of drug-likeness (QED) is 0.683. The van der Waals surface area contributed by atoms with Crippen molar-refractivity contribution in [3.8, 4) is 6.07 Å². The van der Waals surface area contributed by atoms with Crippen molar-refractivity contribution in [1.82, 2.24) is 5.32 Å². The van der Waals surface area contributed by atoms with Crippen LogP contribution in [0.4, 0.5) is 0 Å². The van der Waals surface area contributed by atoms with Gasteiger partial charge in [0, 0.05) is 13.1 Å². The second-order valence-electron chi connectivity index (χ2n) is 4.09. The van der Waals surface area contributed by atoms with E-state index in [9.17, 15) is 5.11 Å². The first-order valence-electron chi connectivity index (χ1n) is 4.99. The molecule has 0 heterocycles. The summed E-state index contributed by atoms with van der Waals surface area (Å²) in [5.41, 5.74) is -0.491. The Hall–Kier alpha value is -0.590. The molecular weight excluding hydrogens is 164 g/mol. The van der Waals surface area contributed by atoms with Gasteiger partial charge in [0.1, 0.15) is 0 Å². The zero-order valence-electron chi connectivity index (χ0n) is 8.21. The Morgan fingerprint density at radius 1 is 1.54 bits per heavy atom. The fourth-order valence-electron chi connectivity index (χ4n) is 1.78. The van der Waals surface area contributed by atoms with Crippen molar-refractivity contribution >= 4 is 0 Å². The van der Waals surface area contributed by atoms with Gasteiger partial charge in [-0.25, -0.2) is 0 Å². The highest BCUT2D eigenvalue weighted by atomic mass is 16.3. The molecule has 0 bridgehead atoms. The van der Waals surface area contributed by atoms with Crippen LogP contribution in [0.1, 0.15) is 32.6 Å². The largest absolute Gasteiger partial charge is 0.389 e. The standard InChI is InChI=1S/C10H18N2O/c1-9(6-11)7-12-8-10(13)4-2-3-5-10/h9,12-13H,2-5,7-8H2,1H3. The molecule has 1 unspecified atom stereocenters. The molecule has 1 saturated carbocycles. The van der Waals surface area contributed by atoms with Crippen molar-refractivity contribution in [3.05, 3.63) is 0 Å². The minimum Gasteiger partial charge on any atom is -0.389 e. The highest BCUT2D eigenvalue weighted by Crippen LogP contribution is 2.28. The van der Waals surface area contributed by atoms with Crippen LogP contribution < -0.4 is 5.32 Å². The molecule has 1 atom stereocenters. The predicted molar refractivity (Wildman–Crippen MR) is 51.1 cm³/mol. The number of aliphatic hydroxyl groups is 1. The fraction of sp³-hybridized carbons (Fsp3) is 0.900. The molecule has 74 valence electrons. The van der Waals surface area contributed by atoms with Gasteiger partial charge >= 0.3 is 0 Å². The molecular formula is C10H18N2O. The Morgan fingerprint density at radius 3 is 2.69 bits per heavy atom. The molecule has 3 nitrogen and oxygen atoms in total. The summed E-state index contributed by atoms with van der Waals surface area (Å²) in [4.78, 5) is 0. The smallest absolute Gasteiger partial charge is 0.0771 e. The minimum atomic E-state index is -0.491. The average Bonchev–Trinajstić information content (AvgIpc) is 2.52. The van der Waals surface area contributed by atoms with Crippen LogP contribution in [0.3, 0.4) is 0 Å². The first-order chi connectivity index (χ1) is 6.16. The van der Waals surface area contributed by atoms with Crippen LogP contribution in [0.15, 0.2) is 0 Å². The molecule has 0 saturated heterocycles. The van der Waals surface area contributed by atoms with Gasteiger partial charge in [-0.3, -0.25) is 0 Å². The Kier molecular flexibility index (Phi) is 3.71. The molecule has 0 amide bonds. The fourth-order valence-corrected chi connectivity index (χ4v) is 1.78. The van der Waals surface area contributed by atoms with E-state index in [1.165, 1.54) is 0 Å². The Bertz CT molecular complexity index is 192. The first kappa shape index (κ1) is 10.5. The van der Waals surface area contributed by atoms with E-state index in [1.807, 2.05) is 6.92 Å². The zero-order chi connectivity index (χ0) is 9.73. The highest BCUT2D eigenvalue weighted by Gasteiger charge is 2.30. The summed E-state index contributed by atoms with van der Waals surface area (Å²) in [5, 5.41) is 21.6. The summed E-state index contributed by atoms with van der Waals surface area (Å²) < 4.78 is 0. The number of hydrogen-bond donors (Lipinski definition) is 2. The van der Waals surface area contributed by atoms with E-state index in [1.54, 1.807) is 0 Å². The molecule has 3 heteroatoms. The lowest BCUT2D eigenvalue weighted by Crippen LogP contribution is -2.39. The molecule has 0 aromatic rings. The van der Waals surface area contributed by atoms with Crippen LogP contribution in [-0.2, 0) is 0 Å². The minimum absolute atomic E-state index is 0.0324. The van der Waals surface area contributed by atoms with Gasteiger partial charge in [-0.2, -0.15) is 5.26 Å². The van der Waals surface area contributed by atoms with Crippen LogP contribution >= 0.6 is 0 Å². The van der Waals surface area contributed by atoms with Crippen LogP contribution in [0.2, 0.25) is 0 Å².